The van der Waals surface area contributed by atoms with Crippen LogP contribution in [0.15, 0.2) is 69.3 Å². The molecule has 1 aromatic heterocycles. The third kappa shape index (κ3) is 6.53. The molecule has 0 aliphatic heterocycles. The van der Waals surface area contributed by atoms with Crippen LogP contribution in [0.3, 0.4) is 0 Å². The fourth-order valence-corrected chi connectivity index (χ4v) is 6.28. The summed E-state index contributed by atoms with van der Waals surface area (Å²) < 4.78 is 42.4. The summed E-state index contributed by atoms with van der Waals surface area (Å²) in [6, 6.07) is 14.0. The lowest BCUT2D eigenvalue weighted by Gasteiger charge is -2.30. The summed E-state index contributed by atoms with van der Waals surface area (Å²) in [7, 11) is -3.89. The zero-order chi connectivity index (χ0) is 24.9. The van der Waals surface area contributed by atoms with Crippen molar-refractivity contribution in [2.45, 2.75) is 51.2 Å². The molecule has 0 spiro atoms. The van der Waals surface area contributed by atoms with Crippen LogP contribution in [-0.4, -0.2) is 36.1 Å². The highest BCUT2D eigenvalue weighted by Gasteiger charge is 2.32. The summed E-state index contributed by atoms with van der Waals surface area (Å²) in [4.78, 5) is 16.4. The van der Waals surface area contributed by atoms with E-state index in [2.05, 4.69) is 15.9 Å². The third-order valence-electron chi connectivity index (χ3n) is 5.74. The van der Waals surface area contributed by atoms with Crippen molar-refractivity contribution in [1.29, 1.82) is 0 Å². The molecule has 0 radical (unpaired) electrons. The van der Waals surface area contributed by atoms with E-state index in [4.69, 9.17) is 0 Å². The standard InChI is InChI=1S/C25H28BrFN2O3S2/c1-4-19(3)29(34(31,32)23-11-7-21(26)8-12-23)17-25(30)28(16-24-18(2)13-14-33-24)15-20-5-9-22(27)10-6-20/h5-14,19H,4,15-17H2,1-3H3. The molecule has 1 atom stereocenters. The average Bonchev–Trinajstić information content (AvgIpc) is 3.22. The van der Waals surface area contributed by atoms with E-state index in [0.29, 0.717) is 13.0 Å². The molecule has 182 valence electrons. The Bertz CT molecular complexity index is 1210. The van der Waals surface area contributed by atoms with Crippen molar-refractivity contribution in [1.82, 2.24) is 9.21 Å². The molecule has 9 heteroatoms. The highest BCUT2D eigenvalue weighted by molar-refractivity contribution is 9.10. The van der Waals surface area contributed by atoms with Crippen LogP contribution >= 0.6 is 27.3 Å². The number of sulfonamides is 1. The van der Waals surface area contributed by atoms with E-state index in [1.165, 1.54) is 28.6 Å². The van der Waals surface area contributed by atoms with Gasteiger partial charge in [0.2, 0.25) is 15.9 Å². The molecule has 0 fully saturated rings. The van der Waals surface area contributed by atoms with Gasteiger partial charge in [-0.2, -0.15) is 4.31 Å². The molecule has 0 saturated heterocycles. The van der Waals surface area contributed by atoms with Crippen molar-refractivity contribution in [3.8, 4) is 0 Å². The van der Waals surface area contributed by atoms with Crippen LogP contribution in [-0.2, 0) is 27.9 Å². The minimum atomic E-state index is -3.89. The molecule has 3 aromatic rings. The number of aryl methyl sites for hydroxylation is 1. The number of hydrogen-bond acceptors (Lipinski definition) is 4. The smallest absolute Gasteiger partial charge is 0.243 e. The van der Waals surface area contributed by atoms with Gasteiger partial charge >= 0.3 is 0 Å². The summed E-state index contributed by atoms with van der Waals surface area (Å²) in [5.41, 5.74) is 1.85. The van der Waals surface area contributed by atoms with E-state index < -0.39 is 10.0 Å². The summed E-state index contributed by atoms with van der Waals surface area (Å²) >= 11 is 4.88. The molecule has 3 rings (SSSR count). The van der Waals surface area contributed by atoms with Crippen molar-refractivity contribution in [2.24, 2.45) is 0 Å². The van der Waals surface area contributed by atoms with Gasteiger partial charge in [-0.05, 0) is 79.2 Å². The molecule has 0 aliphatic rings. The van der Waals surface area contributed by atoms with Gasteiger partial charge < -0.3 is 4.90 Å². The Morgan fingerprint density at radius 3 is 2.26 bits per heavy atom. The Morgan fingerprint density at radius 2 is 1.71 bits per heavy atom. The number of halogens is 2. The van der Waals surface area contributed by atoms with Crippen LogP contribution < -0.4 is 0 Å². The average molecular weight is 568 g/mol. The fraction of sp³-hybridized carbons (Fsp3) is 0.320. The zero-order valence-corrected chi connectivity index (χ0v) is 22.6. The van der Waals surface area contributed by atoms with Crippen LogP contribution in [0.4, 0.5) is 4.39 Å². The van der Waals surface area contributed by atoms with E-state index in [1.807, 2.05) is 25.3 Å². The predicted octanol–water partition coefficient (Wildman–Crippen LogP) is 5.98. The third-order valence-corrected chi connectivity index (χ3v) is 9.25. The number of rotatable bonds is 10. The van der Waals surface area contributed by atoms with Gasteiger partial charge in [-0.1, -0.05) is 35.0 Å². The second kappa shape index (κ2) is 11.6. The predicted molar refractivity (Wildman–Crippen MR) is 137 cm³/mol. The Labute approximate surface area is 213 Å². The number of carbonyl (C=O) groups is 1. The maximum Gasteiger partial charge on any atom is 0.243 e. The van der Waals surface area contributed by atoms with Crippen molar-refractivity contribution in [3.63, 3.8) is 0 Å². The Kier molecular flexibility index (Phi) is 9.03. The first-order valence-corrected chi connectivity index (χ1v) is 14.1. The normalized spacial score (nSPS) is 12.6. The highest BCUT2D eigenvalue weighted by atomic mass is 79.9. The van der Waals surface area contributed by atoms with Crippen LogP contribution in [0, 0.1) is 12.7 Å². The SMILES string of the molecule is CCC(C)N(CC(=O)N(Cc1ccc(F)cc1)Cc1sccc1C)S(=O)(=O)c1ccc(Br)cc1. The lowest BCUT2D eigenvalue weighted by Crippen LogP contribution is -2.46. The second-order valence-corrected chi connectivity index (χ2v) is 12.0. The van der Waals surface area contributed by atoms with E-state index >= 15 is 0 Å². The van der Waals surface area contributed by atoms with Crippen LogP contribution in [0.1, 0.15) is 36.3 Å². The van der Waals surface area contributed by atoms with Gasteiger partial charge in [0.15, 0.2) is 0 Å². The molecular formula is C25H28BrFN2O3S2. The van der Waals surface area contributed by atoms with Gasteiger partial charge in [0, 0.05) is 21.9 Å². The van der Waals surface area contributed by atoms with Crippen molar-refractivity contribution < 1.29 is 17.6 Å². The van der Waals surface area contributed by atoms with Gasteiger partial charge in [0.1, 0.15) is 5.82 Å². The summed E-state index contributed by atoms with van der Waals surface area (Å²) in [6.45, 7) is 6.01. The quantitative estimate of drug-likeness (QED) is 0.303. The molecule has 1 unspecified atom stereocenters. The van der Waals surface area contributed by atoms with Crippen molar-refractivity contribution >= 4 is 43.2 Å². The summed E-state index contributed by atoms with van der Waals surface area (Å²) in [5.74, 6) is -0.655. The molecule has 0 N–H and O–H groups in total. The minimum Gasteiger partial charge on any atom is -0.332 e. The highest BCUT2D eigenvalue weighted by Crippen LogP contribution is 2.24. The van der Waals surface area contributed by atoms with Crippen LogP contribution in [0.25, 0.3) is 0 Å². The second-order valence-electron chi connectivity index (χ2n) is 8.16. The molecule has 0 bridgehead atoms. The van der Waals surface area contributed by atoms with Gasteiger partial charge in [-0.25, -0.2) is 12.8 Å². The molecule has 1 amide bonds. The van der Waals surface area contributed by atoms with Crippen LogP contribution in [0.5, 0.6) is 0 Å². The van der Waals surface area contributed by atoms with Crippen LogP contribution in [0.2, 0.25) is 0 Å². The minimum absolute atomic E-state index is 0.142. The molecule has 2 aromatic carbocycles. The first-order valence-electron chi connectivity index (χ1n) is 10.9. The van der Waals surface area contributed by atoms with E-state index in [1.54, 1.807) is 47.4 Å². The monoisotopic (exact) mass is 566 g/mol. The first kappa shape index (κ1) is 26.5. The number of thiophene rings is 1. The Hall–Kier alpha value is -2.07. The maximum absolute atomic E-state index is 13.6. The lowest BCUT2D eigenvalue weighted by atomic mass is 10.2. The van der Waals surface area contributed by atoms with E-state index in [0.717, 1.165) is 20.5 Å². The van der Waals surface area contributed by atoms with Gasteiger partial charge in [-0.15, -0.1) is 11.3 Å². The lowest BCUT2D eigenvalue weighted by molar-refractivity contribution is -0.133. The topological polar surface area (TPSA) is 57.7 Å². The fourth-order valence-electron chi connectivity index (χ4n) is 3.44. The largest absolute Gasteiger partial charge is 0.332 e. The number of amides is 1. The summed E-state index contributed by atoms with van der Waals surface area (Å²) in [6.07, 6.45) is 0.561. The maximum atomic E-state index is 13.6. The van der Waals surface area contributed by atoms with Crippen molar-refractivity contribution in [3.05, 3.63) is 86.3 Å². The Balaban J connectivity index is 1.91. The van der Waals surface area contributed by atoms with E-state index in [9.17, 15) is 17.6 Å². The summed E-state index contributed by atoms with van der Waals surface area (Å²) in [5, 5.41) is 1.97. The molecule has 0 aliphatic carbocycles. The van der Waals surface area contributed by atoms with Gasteiger partial charge in [-0.3, -0.25) is 4.79 Å². The molecule has 5 nitrogen and oxygen atoms in total. The molecule has 0 saturated carbocycles. The number of nitrogens with zero attached hydrogens (tertiary/aromatic N) is 2. The van der Waals surface area contributed by atoms with Gasteiger partial charge in [0.25, 0.3) is 0 Å². The molecule has 34 heavy (non-hydrogen) atoms. The molecular weight excluding hydrogens is 539 g/mol. The number of benzene rings is 2. The first-order chi connectivity index (χ1) is 16.1. The number of hydrogen-bond donors (Lipinski definition) is 0. The molecule has 1 heterocycles. The van der Waals surface area contributed by atoms with E-state index in [-0.39, 0.29) is 35.8 Å². The number of carbonyl (C=O) groups excluding carboxylic acids is 1. The zero-order valence-electron chi connectivity index (χ0n) is 19.4. The Morgan fingerprint density at radius 1 is 1.06 bits per heavy atom. The van der Waals surface area contributed by atoms with Gasteiger partial charge in [0.05, 0.1) is 18.0 Å². The van der Waals surface area contributed by atoms with Crippen molar-refractivity contribution in [2.75, 3.05) is 6.54 Å².